The quantitative estimate of drug-likeness (QED) is 0.540. The lowest BCUT2D eigenvalue weighted by molar-refractivity contribution is -0.00698. The van der Waals surface area contributed by atoms with Crippen LogP contribution in [0.3, 0.4) is 0 Å². The van der Waals surface area contributed by atoms with E-state index in [0.717, 1.165) is 37.8 Å². The van der Waals surface area contributed by atoms with E-state index in [0.29, 0.717) is 5.41 Å². The van der Waals surface area contributed by atoms with Crippen molar-refractivity contribution in [1.82, 2.24) is 14.6 Å². The lowest BCUT2D eigenvalue weighted by Gasteiger charge is -2.56. The van der Waals surface area contributed by atoms with Crippen molar-refractivity contribution < 1.29 is 0 Å². The normalized spacial score (nSPS) is 33.4. The predicted octanol–water partition coefficient (Wildman–Crippen LogP) is 5.69. The minimum atomic E-state index is 0.361. The summed E-state index contributed by atoms with van der Waals surface area (Å²) in [6, 6.07) is 8.37. The van der Waals surface area contributed by atoms with Gasteiger partial charge in [-0.2, -0.15) is 5.10 Å². The summed E-state index contributed by atoms with van der Waals surface area (Å²) in [7, 11) is 0. The van der Waals surface area contributed by atoms with Crippen molar-refractivity contribution in [3.63, 3.8) is 0 Å². The zero-order chi connectivity index (χ0) is 16.6. The van der Waals surface area contributed by atoms with Crippen LogP contribution in [-0.2, 0) is 5.41 Å². The molecule has 4 aliphatic carbocycles. The summed E-state index contributed by atoms with van der Waals surface area (Å²) in [5, 5.41) is 5.87. The number of hydrogen-bond donors (Lipinski definition) is 0. The topological polar surface area (TPSA) is 30.2 Å². The first-order valence-corrected chi connectivity index (χ1v) is 10.9. The first kappa shape index (κ1) is 14.9. The zero-order valence-electron chi connectivity index (χ0n) is 14.0. The molecule has 3 nitrogen and oxygen atoms in total. The van der Waals surface area contributed by atoms with Gasteiger partial charge in [-0.3, -0.25) is 0 Å². The summed E-state index contributed by atoms with van der Waals surface area (Å²) in [6.07, 6.45) is 10.8. The van der Waals surface area contributed by atoms with E-state index in [1.54, 1.807) is 11.3 Å². The van der Waals surface area contributed by atoms with Crippen molar-refractivity contribution in [3.8, 4) is 10.6 Å². The van der Waals surface area contributed by atoms with E-state index in [9.17, 15) is 0 Å². The van der Waals surface area contributed by atoms with Crippen LogP contribution >= 0.6 is 27.3 Å². The first-order chi connectivity index (χ1) is 12.2. The number of benzene rings is 1. The number of imidazole rings is 1. The summed E-state index contributed by atoms with van der Waals surface area (Å²) in [5.41, 5.74) is 2.85. The Labute approximate surface area is 159 Å². The second-order valence-corrected chi connectivity index (χ2v) is 10.3. The summed E-state index contributed by atoms with van der Waals surface area (Å²) in [6.45, 7) is 0. The van der Waals surface area contributed by atoms with Crippen LogP contribution in [0, 0.1) is 17.8 Å². The van der Waals surface area contributed by atoms with Gasteiger partial charge in [0, 0.05) is 15.5 Å². The molecule has 5 heteroatoms. The highest BCUT2D eigenvalue weighted by Gasteiger charge is 2.52. The molecular weight excluding hydrogens is 394 g/mol. The fraction of sp³-hybridized carbons (Fsp3) is 0.500. The lowest BCUT2D eigenvalue weighted by atomic mass is 9.49. The van der Waals surface area contributed by atoms with Crippen LogP contribution in [0.2, 0.25) is 0 Å². The minimum absolute atomic E-state index is 0.361. The highest BCUT2D eigenvalue weighted by Crippen LogP contribution is 2.60. The van der Waals surface area contributed by atoms with Gasteiger partial charge in [0.2, 0.25) is 4.96 Å². The number of rotatable bonds is 2. The number of fused-ring (bicyclic) bond motifs is 1. The molecule has 2 heterocycles. The van der Waals surface area contributed by atoms with Gasteiger partial charge in [-0.05, 0) is 68.4 Å². The Kier molecular flexibility index (Phi) is 3.08. The molecule has 128 valence electrons. The first-order valence-electron chi connectivity index (χ1n) is 9.29. The molecule has 0 amide bonds. The summed E-state index contributed by atoms with van der Waals surface area (Å²) in [5.74, 6) is 2.87. The number of nitrogens with zero attached hydrogens (tertiary/aromatic N) is 3. The molecule has 0 aliphatic heterocycles. The van der Waals surface area contributed by atoms with Crippen molar-refractivity contribution >= 4 is 32.2 Å². The Morgan fingerprint density at radius 3 is 2.24 bits per heavy atom. The maximum atomic E-state index is 5.08. The fourth-order valence-electron chi connectivity index (χ4n) is 6.09. The Hall–Kier alpha value is -1.20. The molecule has 7 rings (SSSR count). The molecule has 4 saturated carbocycles. The van der Waals surface area contributed by atoms with Gasteiger partial charge in [-0.15, -0.1) is 0 Å². The third-order valence-corrected chi connectivity index (χ3v) is 8.22. The van der Waals surface area contributed by atoms with Crippen LogP contribution in [0.15, 0.2) is 34.9 Å². The molecule has 0 atom stereocenters. The van der Waals surface area contributed by atoms with Gasteiger partial charge in [0.25, 0.3) is 0 Å². The van der Waals surface area contributed by atoms with Crippen molar-refractivity contribution in [2.75, 3.05) is 0 Å². The smallest absolute Gasteiger partial charge is 0.212 e. The van der Waals surface area contributed by atoms with E-state index in [1.807, 2.05) is 4.52 Å². The molecular formula is C20H20BrN3S. The monoisotopic (exact) mass is 413 g/mol. The van der Waals surface area contributed by atoms with Gasteiger partial charge in [0.15, 0.2) is 0 Å². The summed E-state index contributed by atoms with van der Waals surface area (Å²) < 4.78 is 3.12. The van der Waals surface area contributed by atoms with E-state index >= 15 is 0 Å². The molecule has 0 unspecified atom stereocenters. The van der Waals surface area contributed by atoms with Gasteiger partial charge in [0.05, 0.1) is 11.9 Å². The lowest BCUT2D eigenvalue weighted by Crippen LogP contribution is -2.48. The molecule has 3 aromatic rings. The standard InChI is InChI=1S/C20H20BrN3S/c21-16-3-1-15(2-4-16)18-23-24-11-17(22-19(24)25-18)20-8-12-5-13(9-20)7-14(6-12)10-20/h1-4,11-14H,5-10H2. The highest BCUT2D eigenvalue weighted by molar-refractivity contribution is 9.10. The van der Waals surface area contributed by atoms with Crippen LogP contribution < -0.4 is 0 Å². The molecule has 0 radical (unpaired) electrons. The molecule has 4 bridgehead atoms. The van der Waals surface area contributed by atoms with E-state index in [4.69, 9.17) is 10.1 Å². The van der Waals surface area contributed by atoms with Gasteiger partial charge < -0.3 is 0 Å². The number of halogens is 1. The Balaban J connectivity index is 1.38. The van der Waals surface area contributed by atoms with Crippen molar-refractivity contribution in [1.29, 1.82) is 0 Å². The van der Waals surface area contributed by atoms with Gasteiger partial charge in [-0.25, -0.2) is 9.50 Å². The second kappa shape index (κ2) is 5.17. The fourth-order valence-corrected chi connectivity index (χ4v) is 7.24. The van der Waals surface area contributed by atoms with Crippen LogP contribution in [0.4, 0.5) is 0 Å². The molecule has 4 aliphatic rings. The molecule has 0 spiro atoms. The van der Waals surface area contributed by atoms with Gasteiger partial charge in [0.1, 0.15) is 5.01 Å². The minimum Gasteiger partial charge on any atom is -0.222 e. The van der Waals surface area contributed by atoms with Crippen molar-refractivity contribution in [2.45, 2.75) is 43.9 Å². The highest BCUT2D eigenvalue weighted by atomic mass is 79.9. The molecule has 0 saturated heterocycles. The van der Waals surface area contributed by atoms with Crippen molar-refractivity contribution in [3.05, 3.63) is 40.6 Å². The van der Waals surface area contributed by atoms with E-state index in [-0.39, 0.29) is 0 Å². The Bertz CT molecular complexity index is 888. The van der Waals surface area contributed by atoms with Crippen molar-refractivity contribution in [2.24, 2.45) is 17.8 Å². The van der Waals surface area contributed by atoms with E-state index in [1.165, 1.54) is 44.2 Å². The maximum absolute atomic E-state index is 5.08. The third kappa shape index (κ3) is 2.28. The zero-order valence-corrected chi connectivity index (χ0v) is 16.4. The summed E-state index contributed by atoms with van der Waals surface area (Å²) in [4.78, 5) is 6.12. The van der Waals surface area contributed by atoms with E-state index < -0.39 is 0 Å². The molecule has 2 aromatic heterocycles. The Morgan fingerprint density at radius 1 is 1.00 bits per heavy atom. The summed E-state index contributed by atoms with van der Waals surface area (Å²) >= 11 is 5.20. The average Bonchev–Trinajstić information content (AvgIpc) is 3.13. The van der Waals surface area contributed by atoms with Crippen LogP contribution in [-0.4, -0.2) is 14.6 Å². The van der Waals surface area contributed by atoms with Gasteiger partial charge >= 0.3 is 0 Å². The predicted molar refractivity (Wildman–Crippen MR) is 104 cm³/mol. The SMILES string of the molecule is Brc1ccc(-c2nn3cc(C45CC6CC(CC(C6)C4)C5)nc3s2)cc1. The van der Waals surface area contributed by atoms with Crippen LogP contribution in [0.25, 0.3) is 15.5 Å². The molecule has 0 N–H and O–H groups in total. The molecule has 1 aromatic carbocycles. The van der Waals surface area contributed by atoms with Crippen LogP contribution in [0.1, 0.15) is 44.2 Å². The largest absolute Gasteiger partial charge is 0.222 e. The number of aromatic nitrogens is 3. The molecule has 25 heavy (non-hydrogen) atoms. The molecule has 4 fully saturated rings. The van der Waals surface area contributed by atoms with Crippen LogP contribution in [0.5, 0.6) is 0 Å². The van der Waals surface area contributed by atoms with Gasteiger partial charge in [-0.1, -0.05) is 39.4 Å². The Morgan fingerprint density at radius 2 is 1.64 bits per heavy atom. The second-order valence-electron chi connectivity index (χ2n) is 8.47. The van der Waals surface area contributed by atoms with E-state index in [2.05, 4.69) is 46.4 Å². The maximum Gasteiger partial charge on any atom is 0.212 e. The number of hydrogen-bond acceptors (Lipinski definition) is 3. The average molecular weight is 414 g/mol. The third-order valence-electron chi connectivity index (χ3n) is 6.72.